The first-order valence-corrected chi connectivity index (χ1v) is 7.28. The van der Waals surface area contributed by atoms with E-state index < -0.39 is 0 Å². The van der Waals surface area contributed by atoms with Gasteiger partial charge in [-0.25, -0.2) is 4.98 Å². The standard InChI is InChI=1S/C10H15N3O3S2/c1-16-9(14)6-17-3-2-12-10(15)7-5-18-8(4-11)13-7/h5H,2-4,6,11H2,1H3,(H,12,15). The lowest BCUT2D eigenvalue weighted by Gasteiger charge is -2.02. The number of methoxy groups -OCH3 is 1. The zero-order chi connectivity index (χ0) is 13.4. The molecule has 1 amide bonds. The number of hydrogen-bond donors (Lipinski definition) is 2. The second-order valence-corrected chi connectivity index (χ2v) is 5.26. The number of nitrogens with zero attached hydrogens (tertiary/aromatic N) is 1. The van der Waals surface area contributed by atoms with Gasteiger partial charge >= 0.3 is 5.97 Å². The smallest absolute Gasteiger partial charge is 0.315 e. The second kappa shape index (κ2) is 8.06. The van der Waals surface area contributed by atoms with Gasteiger partial charge in [-0.3, -0.25) is 9.59 Å². The first-order chi connectivity index (χ1) is 8.67. The Morgan fingerprint density at radius 1 is 1.61 bits per heavy atom. The summed E-state index contributed by atoms with van der Waals surface area (Å²) in [6.45, 7) is 0.822. The molecule has 1 aromatic rings. The van der Waals surface area contributed by atoms with Crippen LogP contribution in [0.25, 0.3) is 0 Å². The van der Waals surface area contributed by atoms with Crippen molar-refractivity contribution in [1.82, 2.24) is 10.3 Å². The molecule has 0 aliphatic rings. The largest absolute Gasteiger partial charge is 0.468 e. The van der Waals surface area contributed by atoms with Crippen molar-refractivity contribution < 1.29 is 14.3 Å². The summed E-state index contributed by atoms with van der Waals surface area (Å²) in [6.07, 6.45) is 0. The molecule has 0 spiro atoms. The van der Waals surface area contributed by atoms with Crippen molar-refractivity contribution in [3.63, 3.8) is 0 Å². The average molecular weight is 289 g/mol. The van der Waals surface area contributed by atoms with Gasteiger partial charge < -0.3 is 15.8 Å². The maximum Gasteiger partial charge on any atom is 0.315 e. The quantitative estimate of drug-likeness (QED) is 0.551. The van der Waals surface area contributed by atoms with E-state index in [-0.39, 0.29) is 11.9 Å². The van der Waals surface area contributed by atoms with Gasteiger partial charge in [0.05, 0.1) is 12.9 Å². The summed E-state index contributed by atoms with van der Waals surface area (Å²) in [5.41, 5.74) is 5.80. The molecule has 0 saturated heterocycles. The monoisotopic (exact) mass is 289 g/mol. The zero-order valence-electron chi connectivity index (χ0n) is 9.97. The van der Waals surface area contributed by atoms with E-state index in [1.54, 1.807) is 5.38 Å². The lowest BCUT2D eigenvalue weighted by molar-refractivity contribution is -0.137. The lowest BCUT2D eigenvalue weighted by Crippen LogP contribution is -2.26. The van der Waals surface area contributed by atoms with Gasteiger partial charge in [0.1, 0.15) is 10.7 Å². The van der Waals surface area contributed by atoms with E-state index >= 15 is 0 Å². The molecule has 1 rings (SSSR count). The molecule has 0 unspecified atom stereocenters. The van der Waals surface area contributed by atoms with Crippen molar-refractivity contribution in [2.75, 3.05) is 25.2 Å². The summed E-state index contributed by atoms with van der Waals surface area (Å²) in [6, 6.07) is 0. The molecule has 0 fully saturated rings. The third-order valence-electron chi connectivity index (χ3n) is 1.94. The van der Waals surface area contributed by atoms with Crippen LogP contribution in [0.5, 0.6) is 0 Å². The number of thioether (sulfide) groups is 1. The fourth-order valence-electron chi connectivity index (χ4n) is 1.05. The lowest BCUT2D eigenvalue weighted by atomic mass is 10.4. The second-order valence-electron chi connectivity index (χ2n) is 3.22. The van der Waals surface area contributed by atoms with E-state index in [4.69, 9.17) is 5.73 Å². The number of ether oxygens (including phenoxy) is 1. The molecule has 18 heavy (non-hydrogen) atoms. The van der Waals surface area contributed by atoms with Gasteiger partial charge in [0.15, 0.2) is 0 Å². The molecule has 0 saturated carbocycles. The highest BCUT2D eigenvalue weighted by Crippen LogP contribution is 2.08. The summed E-state index contributed by atoms with van der Waals surface area (Å²) < 4.78 is 4.49. The number of esters is 1. The highest BCUT2D eigenvalue weighted by molar-refractivity contribution is 7.99. The van der Waals surface area contributed by atoms with E-state index in [1.807, 2.05) is 0 Å². The number of thiazole rings is 1. The maximum absolute atomic E-state index is 11.6. The van der Waals surface area contributed by atoms with Gasteiger partial charge in [-0.1, -0.05) is 0 Å². The molecule has 6 nitrogen and oxygen atoms in total. The molecule has 0 radical (unpaired) electrons. The van der Waals surface area contributed by atoms with E-state index in [0.717, 1.165) is 5.01 Å². The molecular weight excluding hydrogens is 274 g/mol. The summed E-state index contributed by atoms with van der Waals surface area (Å²) in [7, 11) is 1.35. The van der Waals surface area contributed by atoms with Crippen molar-refractivity contribution in [2.45, 2.75) is 6.54 Å². The topological polar surface area (TPSA) is 94.3 Å². The molecule has 0 bridgehead atoms. The van der Waals surface area contributed by atoms with Crippen LogP contribution in [0.4, 0.5) is 0 Å². The van der Waals surface area contributed by atoms with E-state index in [0.29, 0.717) is 30.3 Å². The van der Waals surface area contributed by atoms with Crippen LogP contribution in [0.1, 0.15) is 15.5 Å². The van der Waals surface area contributed by atoms with E-state index in [9.17, 15) is 9.59 Å². The molecule has 8 heteroatoms. The highest BCUT2D eigenvalue weighted by atomic mass is 32.2. The summed E-state index contributed by atoms with van der Waals surface area (Å²) in [5, 5.41) is 5.14. The van der Waals surface area contributed by atoms with Crippen molar-refractivity contribution in [1.29, 1.82) is 0 Å². The third-order valence-corrected chi connectivity index (χ3v) is 3.74. The van der Waals surface area contributed by atoms with E-state index in [2.05, 4.69) is 15.0 Å². The van der Waals surface area contributed by atoms with Crippen LogP contribution in [0.15, 0.2) is 5.38 Å². The minimum atomic E-state index is -0.265. The fourth-order valence-corrected chi connectivity index (χ4v) is 2.38. The Morgan fingerprint density at radius 3 is 3.00 bits per heavy atom. The Hall–Kier alpha value is -1.12. The van der Waals surface area contributed by atoms with Crippen LogP contribution in [-0.4, -0.2) is 42.0 Å². The Morgan fingerprint density at radius 2 is 2.39 bits per heavy atom. The van der Waals surface area contributed by atoms with Gasteiger partial charge in [0.25, 0.3) is 5.91 Å². The van der Waals surface area contributed by atoms with Crippen molar-refractivity contribution >= 4 is 35.0 Å². The predicted molar refractivity (Wildman–Crippen MR) is 71.7 cm³/mol. The SMILES string of the molecule is COC(=O)CSCCNC(=O)c1csc(CN)n1. The van der Waals surface area contributed by atoms with Gasteiger partial charge in [0.2, 0.25) is 0 Å². The molecule has 3 N–H and O–H groups in total. The first-order valence-electron chi connectivity index (χ1n) is 5.24. The normalized spacial score (nSPS) is 10.1. The molecule has 0 atom stereocenters. The molecular formula is C10H15N3O3S2. The zero-order valence-corrected chi connectivity index (χ0v) is 11.6. The van der Waals surface area contributed by atoms with Gasteiger partial charge in [-0.15, -0.1) is 23.1 Å². The fraction of sp³-hybridized carbons (Fsp3) is 0.500. The molecule has 1 heterocycles. The number of nitrogens with one attached hydrogen (secondary N) is 1. The third kappa shape index (κ3) is 5.03. The number of carbonyl (C=O) groups is 2. The number of hydrogen-bond acceptors (Lipinski definition) is 7. The van der Waals surface area contributed by atoms with Crippen LogP contribution in [-0.2, 0) is 16.1 Å². The number of amides is 1. The molecule has 0 aliphatic heterocycles. The predicted octanol–water partition coefficient (Wildman–Crippen LogP) is 0.238. The maximum atomic E-state index is 11.6. The van der Waals surface area contributed by atoms with Crippen LogP contribution in [0.2, 0.25) is 0 Å². The molecule has 100 valence electrons. The van der Waals surface area contributed by atoms with Crippen LogP contribution in [0, 0.1) is 0 Å². The van der Waals surface area contributed by atoms with E-state index in [1.165, 1.54) is 30.2 Å². The molecule has 1 aromatic heterocycles. The minimum Gasteiger partial charge on any atom is -0.468 e. The van der Waals surface area contributed by atoms with Gasteiger partial charge in [0, 0.05) is 24.2 Å². The Labute approximate surface area is 113 Å². The highest BCUT2D eigenvalue weighted by Gasteiger charge is 2.09. The van der Waals surface area contributed by atoms with Gasteiger partial charge in [-0.05, 0) is 0 Å². The van der Waals surface area contributed by atoms with Crippen LogP contribution in [0.3, 0.4) is 0 Å². The van der Waals surface area contributed by atoms with Crippen LogP contribution >= 0.6 is 23.1 Å². The van der Waals surface area contributed by atoms with Crippen molar-refractivity contribution in [3.05, 3.63) is 16.1 Å². The number of nitrogens with two attached hydrogens (primary N) is 1. The molecule has 0 aromatic carbocycles. The number of carbonyl (C=O) groups excluding carboxylic acids is 2. The summed E-state index contributed by atoms with van der Waals surface area (Å²) in [5.74, 6) is 0.456. The van der Waals surface area contributed by atoms with Crippen molar-refractivity contribution in [3.8, 4) is 0 Å². The number of rotatable bonds is 7. The Kier molecular flexibility index (Phi) is 6.69. The average Bonchev–Trinajstić information content (AvgIpc) is 2.86. The Bertz CT molecular complexity index is 409. The Balaban J connectivity index is 2.19. The summed E-state index contributed by atoms with van der Waals surface area (Å²) in [4.78, 5) is 26.5. The van der Waals surface area contributed by atoms with Crippen LogP contribution < -0.4 is 11.1 Å². The minimum absolute atomic E-state index is 0.218. The summed E-state index contributed by atoms with van der Waals surface area (Å²) >= 11 is 2.77. The first kappa shape index (κ1) is 14.9. The number of aromatic nitrogens is 1. The van der Waals surface area contributed by atoms with Crippen molar-refractivity contribution in [2.24, 2.45) is 5.73 Å². The molecule has 0 aliphatic carbocycles. The van der Waals surface area contributed by atoms with Gasteiger partial charge in [-0.2, -0.15) is 0 Å².